The molecule has 0 aliphatic carbocycles. The maximum atomic E-state index is 11.8. The fourth-order valence-electron chi connectivity index (χ4n) is 2.27. The number of hydrogen-bond acceptors (Lipinski definition) is 4. The Morgan fingerprint density at radius 1 is 1.62 bits per heavy atom. The molecule has 0 bridgehead atoms. The minimum absolute atomic E-state index is 0.0764. The number of hydrogen-bond donors (Lipinski definition) is 1. The average Bonchev–Trinajstić information content (AvgIpc) is 2.73. The quantitative estimate of drug-likeness (QED) is 0.771. The van der Waals surface area contributed by atoms with E-state index < -0.39 is 0 Å². The van der Waals surface area contributed by atoms with E-state index in [0.29, 0.717) is 6.42 Å². The van der Waals surface area contributed by atoms with Crippen LogP contribution in [0.5, 0.6) is 0 Å². The van der Waals surface area contributed by atoms with Gasteiger partial charge in [0, 0.05) is 26.1 Å². The van der Waals surface area contributed by atoms with Gasteiger partial charge in [-0.15, -0.1) is 5.10 Å². The molecule has 2 rings (SSSR count). The van der Waals surface area contributed by atoms with E-state index in [9.17, 15) is 4.79 Å². The van der Waals surface area contributed by atoms with Crippen molar-refractivity contribution in [2.24, 2.45) is 12.8 Å². The number of nitrogens with two attached hydrogens (primary N) is 1. The second-order valence-electron chi connectivity index (χ2n) is 4.18. The number of aromatic nitrogens is 3. The van der Waals surface area contributed by atoms with Crippen LogP contribution in [-0.2, 0) is 11.8 Å². The summed E-state index contributed by atoms with van der Waals surface area (Å²) in [6.07, 6.45) is 3.03. The van der Waals surface area contributed by atoms with Gasteiger partial charge in [0.2, 0.25) is 5.91 Å². The molecule has 0 spiro atoms. The van der Waals surface area contributed by atoms with Crippen LogP contribution < -0.4 is 5.73 Å². The molecule has 0 unspecified atom stereocenters. The van der Waals surface area contributed by atoms with E-state index in [1.807, 2.05) is 11.9 Å². The first-order valence-corrected chi connectivity index (χ1v) is 5.54. The molecule has 1 aromatic heterocycles. The van der Waals surface area contributed by atoms with Crippen molar-refractivity contribution in [3.63, 3.8) is 0 Å². The highest BCUT2D eigenvalue weighted by atomic mass is 16.2. The minimum Gasteiger partial charge on any atom is -0.332 e. The molecular formula is C10H17N5O. The van der Waals surface area contributed by atoms with Gasteiger partial charge < -0.3 is 10.6 Å². The van der Waals surface area contributed by atoms with Gasteiger partial charge in [-0.05, 0) is 6.42 Å². The number of carbonyl (C=O) groups excluding carboxylic acids is 1. The zero-order valence-corrected chi connectivity index (χ0v) is 9.63. The van der Waals surface area contributed by atoms with Crippen molar-refractivity contribution in [3.8, 4) is 0 Å². The standard InChI is InChI=1S/C10H17N5O/c1-3-4-15-9(16)5-7(11)10(15)8-6-12-13-14(8)2/h6-7,10H,3-5,11H2,1-2H3/t7-,10-/m0/s1. The van der Waals surface area contributed by atoms with Gasteiger partial charge in [-0.1, -0.05) is 12.1 Å². The summed E-state index contributed by atoms with van der Waals surface area (Å²) < 4.78 is 1.69. The monoisotopic (exact) mass is 223 g/mol. The molecule has 2 heterocycles. The van der Waals surface area contributed by atoms with E-state index in [4.69, 9.17) is 5.73 Å². The molecular weight excluding hydrogens is 206 g/mol. The van der Waals surface area contributed by atoms with Crippen molar-refractivity contribution in [3.05, 3.63) is 11.9 Å². The first-order chi connectivity index (χ1) is 7.65. The molecule has 0 saturated carbocycles. The van der Waals surface area contributed by atoms with E-state index in [1.165, 1.54) is 0 Å². The number of rotatable bonds is 3. The van der Waals surface area contributed by atoms with Gasteiger partial charge >= 0.3 is 0 Å². The van der Waals surface area contributed by atoms with Crippen LogP contribution in [0.4, 0.5) is 0 Å². The lowest BCUT2D eigenvalue weighted by molar-refractivity contribution is -0.129. The zero-order chi connectivity index (χ0) is 11.7. The first-order valence-electron chi connectivity index (χ1n) is 5.54. The van der Waals surface area contributed by atoms with E-state index >= 15 is 0 Å². The summed E-state index contributed by atoms with van der Waals surface area (Å²) in [5.74, 6) is 0.126. The predicted molar refractivity (Wildman–Crippen MR) is 58.3 cm³/mol. The number of amides is 1. The van der Waals surface area contributed by atoms with Crippen molar-refractivity contribution in [2.45, 2.75) is 31.8 Å². The number of aryl methyl sites for hydroxylation is 1. The van der Waals surface area contributed by atoms with Crippen LogP contribution >= 0.6 is 0 Å². The van der Waals surface area contributed by atoms with Gasteiger partial charge in [-0.3, -0.25) is 9.48 Å². The maximum absolute atomic E-state index is 11.8. The van der Waals surface area contributed by atoms with Gasteiger partial charge in [-0.2, -0.15) is 0 Å². The minimum atomic E-state index is -0.156. The summed E-state index contributed by atoms with van der Waals surface area (Å²) in [4.78, 5) is 13.6. The van der Waals surface area contributed by atoms with Crippen molar-refractivity contribution in [1.82, 2.24) is 19.9 Å². The normalized spacial score (nSPS) is 25.4. The fourth-order valence-corrected chi connectivity index (χ4v) is 2.27. The summed E-state index contributed by atoms with van der Waals surface area (Å²) in [6.45, 7) is 2.79. The van der Waals surface area contributed by atoms with Crippen molar-refractivity contribution in [2.75, 3.05) is 6.54 Å². The Morgan fingerprint density at radius 3 is 2.94 bits per heavy atom. The van der Waals surface area contributed by atoms with Crippen LogP contribution in [0.15, 0.2) is 6.20 Å². The summed E-state index contributed by atoms with van der Waals surface area (Å²) in [7, 11) is 1.82. The molecule has 88 valence electrons. The molecule has 2 N–H and O–H groups in total. The van der Waals surface area contributed by atoms with E-state index in [0.717, 1.165) is 18.7 Å². The Bertz CT molecular complexity index is 388. The third-order valence-electron chi connectivity index (χ3n) is 2.99. The van der Waals surface area contributed by atoms with Crippen LogP contribution in [0.1, 0.15) is 31.5 Å². The lowest BCUT2D eigenvalue weighted by Crippen LogP contribution is -2.34. The fraction of sp³-hybridized carbons (Fsp3) is 0.700. The molecule has 1 aliphatic heterocycles. The SMILES string of the molecule is CCCN1C(=O)C[C@H](N)[C@H]1c1cnnn1C. The predicted octanol–water partition coefficient (Wildman–Crippen LogP) is -0.174. The van der Waals surface area contributed by atoms with Crippen LogP contribution in [0.2, 0.25) is 0 Å². The van der Waals surface area contributed by atoms with Crippen LogP contribution in [0.3, 0.4) is 0 Å². The average molecular weight is 223 g/mol. The Morgan fingerprint density at radius 2 is 2.38 bits per heavy atom. The summed E-state index contributed by atoms with van der Waals surface area (Å²) >= 11 is 0. The van der Waals surface area contributed by atoms with E-state index in [-0.39, 0.29) is 18.0 Å². The topological polar surface area (TPSA) is 77.0 Å². The molecule has 6 heteroatoms. The number of carbonyl (C=O) groups is 1. The molecule has 16 heavy (non-hydrogen) atoms. The van der Waals surface area contributed by atoms with E-state index in [2.05, 4.69) is 17.2 Å². The third-order valence-corrected chi connectivity index (χ3v) is 2.99. The van der Waals surface area contributed by atoms with E-state index in [1.54, 1.807) is 10.9 Å². The highest BCUT2D eigenvalue weighted by molar-refractivity contribution is 5.80. The van der Waals surface area contributed by atoms with Gasteiger partial charge in [0.05, 0.1) is 17.9 Å². The highest BCUT2D eigenvalue weighted by Crippen LogP contribution is 2.31. The molecule has 6 nitrogen and oxygen atoms in total. The number of nitrogens with zero attached hydrogens (tertiary/aromatic N) is 4. The zero-order valence-electron chi connectivity index (χ0n) is 9.63. The summed E-state index contributed by atoms with van der Waals surface area (Å²) in [6, 6.07) is -0.233. The first kappa shape index (κ1) is 11.1. The smallest absolute Gasteiger partial charge is 0.224 e. The Kier molecular flexibility index (Phi) is 2.91. The van der Waals surface area contributed by atoms with Crippen molar-refractivity contribution >= 4 is 5.91 Å². The van der Waals surface area contributed by atoms with Crippen molar-refractivity contribution < 1.29 is 4.79 Å². The van der Waals surface area contributed by atoms with Gasteiger partial charge in [0.15, 0.2) is 0 Å². The van der Waals surface area contributed by atoms with Gasteiger partial charge in [0.1, 0.15) is 0 Å². The van der Waals surface area contributed by atoms with Gasteiger partial charge in [0.25, 0.3) is 0 Å². The third kappa shape index (κ3) is 1.69. The lowest BCUT2D eigenvalue weighted by atomic mass is 10.1. The summed E-state index contributed by atoms with van der Waals surface area (Å²) in [5.41, 5.74) is 6.93. The largest absolute Gasteiger partial charge is 0.332 e. The second kappa shape index (κ2) is 4.21. The maximum Gasteiger partial charge on any atom is 0.224 e. The molecule has 1 amide bonds. The molecule has 1 aromatic rings. The Hall–Kier alpha value is -1.43. The molecule has 1 fully saturated rings. The number of likely N-dealkylation sites (tertiary alicyclic amines) is 1. The highest BCUT2D eigenvalue weighted by Gasteiger charge is 2.39. The Labute approximate surface area is 94.4 Å². The second-order valence-corrected chi connectivity index (χ2v) is 4.18. The van der Waals surface area contributed by atoms with Crippen molar-refractivity contribution in [1.29, 1.82) is 0 Å². The molecule has 2 atom stereocenters. The molecule has 1 aliphatic rings. The molecule has 1 saturated heterocycles. The van der Waals surface area contributed by atoms with Gasteiger partial charge in [-0.25, -0.2) is 0 Å². The van der Waals surface area contributed by atoms with Crippen LogP contribution in [-0.4, -0.2) is 38.4 Å². The van der Waals surface area contributed by atoms with Crippen LogP contribution in [0.25, 0.3) is 0 Å². The molecule has 0 aromatic carbocycles. The summed E-state index contributed by atoms with van der Waals surface area (Å²) in [5, 5.41) is 7.73. The van der Waals surface area contributed by atoms with Crippen LogP contribution in [0, 0.1) is 0 Å². The lowest BCUT2D eigenvalue weighted by Gasteiger charge is -2.25. The Balaban J connectivity index is 2.30. The molecule has 0 radical (unpaired) electrons.